The molecule has 0 aliphatic heterocycles. The van der Waals surface area contributed by atoms with E-state index in [2.05, 4.69) is 28.3 Å². The van der Waals surface area contributed by atoms with Crippen LogP contribution in [0.3, 0.4) is 0 Å². The van der Waals surface area contributed by atoms with Crippen LogP contribution in [0.25, 0.3) is 10.9 Å². The fourth-order valence-corrected chi connectivity index (χ4v) is 2.81. The quantitative estimate of drug-likeness (QED) is 0.868. The van der Waals surface area contributed by atoms with E-state index >= 15 is 0 Å². The molecule has 1 aliphatic rings. The Balaban J connectivity index is 1.94. The summed E-state index contributed by atoms with van der Waals surface area (Å²) in [5, 5.41) is 14.5. The minimum atomic E-state index is -0.274. The molecule has 3 rings (SSSR count). The number of fused-ring (bicyclic) bond motifs is 1. The first kappa shape index (κ1) is 12.4. The summed E-state index contributed by atoms with van der Waals surface area (Å²) in [5.41, 5.74) is 2.12. The zero-order valence-corrected chi connectivity index (χ0v) is 11.1. The van der Waals surface area contributed by atoms with E-state index in [-0.39, 0.29) is 12.1 Å². The fourth-order valence-electron chi connectivity index (χ4n) is 2.81. The smallest absolute Gasteiger partial charge is 0.137 e. The molecule has 1 saturated carbocycles. The van der Waals surface area contributed by atoms with Crippen molar-refractivity contribution < 1.29 is 5.11 Å². The second-order valence-electron chi connectivity index (χ2n) is 5.30. The average molecular weight is 257 g/mol. The van der Waals surface area contributed by atoms with Crippen LogP contribution >= 0.6 is 0 Å². The predicted molar refractivity (Wildman–Crippen MR) is 76.2 cm³/mol. The molecule has 0 unspecified atom stereocenters. The highest BCUT2D eigenvalue weighted by Crippen LogP contribution is 2.26. The number of nitrogens with one attached hydrogen (secondary N) is 1. The van der Waals surface area contributed by atoms with Gasteiger partial charge in [-0.05, 0) is 31.4 Å². The third-order valence-corrected chi connectivity index (χ3v) is 3.92. The molecule has 19 heavy (non-hydrogen) atoms. The van der Waals surface area contributed by atoms with Gasteiger partial charge in [0.25, 0.3) is 0 Å². The van der Waals surface area contributed by atoms with E-state index in [4.69, 9.17) is 0 Å². The van der Waals surface area contributed by atoms with Crippen LogP contribution in [0.2, 0.25) is 0 Å². The highest BCUT2D eigenvalue weighted by molar-refractivity contribution is 5.90. The van der Waals surface area contributed by atoms with Crippen molar-refractivity contribution >= 4 is 16.7 Å². The lowest BCUT2D eigenvalue weighted by Crippen LogP contribution is -2.36. The summed E-state index contributed by atoms with van der Waals surface area (Å²) < 4.78 is 0. The standard InChI is InChI=1S/C15H19N3O/c1-10-5-4-6-11-14(10)16-9-17-15(11)18-12-7-2-3-8-13(12)19/h4-6,9,12-13,19H,2-3,7-8H2,1H3,(H,16,17,18)/t12-,13-/m0/s1. The summed E-state index contributed by atoms with van der Waals surface area (Å²) in [7, 11) is 0. The van der Waals surface area contributed by atoms with Gasteiger partial charge in [0.1, 0.15) is 12.1 Å². The van der Waals surface area contributed by atoms with Gasteiger partial charge in [-0.1, -0.05) is 25.0 Å². The molecule has 100 valence electrons. The van der Waals surface area contributed by atoms with Gasteiger partial charge in [-0.3, -0.25) is 0 Å². The minimum Gasteiger partial charge on any atom is -0.391 e. The Bertz CT molecular complexity index is 585. The van der Waals surface area contributed by atoms with E-state index in [1.807, 2.05) is 12.1 Å². The highest BCUT2D eigenvalue weighted by Gasteiger charge is 2.23. The maximum atomic E-state index is 10.1. The van der Waals surface area contributed by atoms with Crippen LogP contribution < -0.4 is 5.32 Å². The molecule has 2 aromatic rings. The molecule has 1 heterocycles. The van der Waals surface area contributed by atoms with Crippen molar-refractivity contribution in [2.24, 2.45) is 0 Å². The molecular formula is C15H19N3O. The first-order valence-corrected chi connectivity index (χ1v) is 6.90. The zero-order chi connectivity index (χ0) is 13.2. The lowest BCUT2D eigenvalue weighted by Gasteiger charge is -2.29. The highest BCUT2D eigenvalue weighted by atomic mass is 16.3. The Kier molecular flexibility index (Phi) is 3.34. The number of aliphatic hydroxyl groups excluding tert-OH is 1. The summed E-state index contributed by atoms with van der Waals surface area (Å²) in [4.78, 5) is 8.68. The van der Waals surface area contributed by atoms with E-state index in [1.165, 1.54) is 0 Å². The number of aryl methyl sites for hydroxylation is 1. The number of nitrogens with zero attached hydrogens (tertiary/aromatic N) is 2. The molecule has 1 fully saturated rings. The van der Waals surface area contributed by atoms with E-state index in [0.717, 1.165) is 48.0 Å². The van der Waals surface area contributed by atoms with Crippen molar-refractivity contribution in [3.05, 3.63) is 30.1 Å². The fraction of sp³-hybridized carbons (Fsp3) is 0.467. The number of hydrogen-bond donors (Lipinski definition) is 2. The first-order valence-electron chi connectivity index (χ1n) is 6.90. The summed E-state index contributed by atoms with van der Waals surface area (Å²) in [6.07, 6.45) is 5.47. The van der Waals surface area contributed by atoms with Crippen LogP contribution in [-0.2, 0) is 0 Å². The van der Waals surface area contributed by atoms with Gasteiger partial charge < -0.3 is 10.4 Å². The lowest BCUT2D eigenvalue weighted by molar-refractivity contribution is 0.116. The van der Waals surface area contributed by atoms with Crippen LogP contribution in [0.15, 0.2) is 24.5 Å². The Morgan fingerprint density at radius 3 is 2.89 bits per heavy atom. The van der Waals surface area contributed by atoms with E-state index in [0.29, 0.717) is 0 Å². The van der Waals surface area contributed by atoms with Crippen molar-refractivity contribution in [3.8, 4) is 0 Å². The molecule has 4 nitrogen and oxygen atoms in total. The van der Waals surface area contributed by atoms with Crippen LogP contribution in [0.1, 0.15) is 31.2 Å². The van der Waals surface area contributed by atoms with Crippen molar-refractivity contribution in [1.29, 1.82) is 0 Å². The van der Waals surface area contributed by atoms with Gasteiger partial charge in [0, 0.05) is 5.39 Å². The van der Waals surface area contributed by atoms with Crippen LogP contribution in [0, 0.1) is 6.92 Å². The minimum absolute atomic E-state index is 0.104. The molecule has 2 N–H and O–H groups in total. The number of rotatable bonds is 2. The van der Waals surface area contributed by atoms with Crippen molar-refractivity contribution in [2.75, 3.05) is 5.32 Å². The van der Waals surface area contributed by atoms with Crippen molar-refractivity contribution in [2.45, 2.75) is 44.8 Å². The summed E-state index contributed by atoms with van der Waals surface area (Å²) in [6.45, 7) is 2.05. The molecule has 2 atom stereocenters. The van der Waals surface area contributed by atoms with Crippen LogP contribution in [-0.4, -0.2) is 27.2 Å². The van der Waals surface area contributed by atoms with Gasteiger partial charge in [0.2, 0.25) is 0 Å². The monoisotopic (exact) mass is 257 g/mol. The Labute approximate surface area is 112 Å². The van der Waals surface area contributed by atoms with Gasteiger partial charge in [0.05, 0.1) is 17.7 Å². The molecule has 0 saturated heterocycles. The topological polar surface area (TPSA) is 58.0 Å². The molecule has 0 spiro atoms. The molecule has 0 radical (unpaired) electrons. The van der Waals surface area contributed by atoms with E-state index in [9.17, 15) is 5.11 Å². The summed E-state index contributed by atoms with van der Waals surface area (Å²) >= 11 is 0. The predicted octanol–water partition coefficient (Wildman–Crippen LogP) is 2.65. The van der Waals surface area contributed by atoms with Crippen molar-refractivity contribution in [1.82, 2.24) is 9.97 Å². The van der Waals surface area contributed by atoms with Gasteiger partial charge in [0.15, 0.2) is 0 Å². The molecule has 1 aromatic carbocycles. The number of para-hydroxylation sites is 1. The van der Waals surface area contributed by atoms with E-state index in [1.54, 1.807) is 6.33 Å². The molecule has 1 aliphatic carbocycles. The Morgan fingerprint density at radius 1 is 1.21 bits per heavy atom. The zero-order valence-electron chi connectivity index (χ0n) is 11.1. The SMILES string of the molecule is Cc1cccc2c(N[C@H]3CCCC[C@@H]3O)ncnc12. The van der Waals surface area contributed by atoms with Gasteiger partial charge >= 0.3 is 0 Å². The second-order valence-corrected chi connectivity index (χ2v) is 5.30. The molecule has 0 amide bonds. The Hall–Kier alpha value is -1.68. The summed E-state index contributed by atoms with van der Waals surface area (Å²) in [6, 6.07) is 6.20. The van der Waals surface area contributed by atoms with Gasteiger partial charge in [-0.15, -0.1) is 0 Å². The average Bonchev–Trinajstić information content (AvgIpc) is 2.42. The Morgan fingerprint density at radius 2 is 2.05 bits per heavy atom. The molecular weight excluding hydrogens is 238 g/mol. The number of aromatic nitrogens is 2. The maximum Gasteiger partial charge on any atom is 0.137 e. The second kappa shape index (κ2) is 5.13. The number of benzene rings is 1. The van der Waals surface area contributed by atoms with E-state index < -0.39 is 0 Å². The van der Waals surface area contributed by atoms with Gasteiger partial charge in [-0.25, -0.2) is 9.97 Å². The number of hydrogen-bond acceptors (Lipinski definition) is 4. The number of aliphatic hydroxyl groups is 1. The summed E-state index contributed by atoms with van der Waals surface area (Å²) in [5.74, 6) is 0.833. The van der Waals surface area contributed by atoms with Crippen LogP contribution in [0.5, 0.6) is 0 Å². The normalized spacial score (nSPS) is 23.5. The largest absolute Gasteiger partial charge is 0.391 e. The molecule has 1 aromatic heterocycles. The molecule has 0 bridgehead atoms. The third-order valence-electron chi connectivity index (χ3n) is 3.92. The first-order chi connectivity index (χ1) is 9.25. The number of anilines is 1. The van der Waals surface area contributed by atoms with Crippen molar-refractivity contribution in [3.63, 3.8) is 0 Å². The lowest BCUT2D eigenvalue weighted by atomic mass is 9.92. The molecule has 4 heteroatoms. The van der Waals surface area contributed by atoms with Gasteiger partial charge in [-0.2, -0.15) is 0 Å². The third kappa shape index (κ3) is 2.40. The maximum absolute atomic E-state index is 10.1. The van der Waals surface area contributed by atoms with Crippen LogP contribution in [0.4, 0.5) is 5.82 Å².